The van der Waals surface area contributed by atoms with E-state index in [0.717, 1.165) is 38.2 Å². The summed E-state index contributed by atoms with van der Waals surface area (Å²) in [5.74, 6) is -0.322. The lowest BCUT2D eigenvalue weighted by molar-refractivity contribution is -0.120. The third-order valence-corrected chi connectivity index (χ3v) is 4.49. The van der Waals surface area contributed by atoms with E-state index in [4.69, 9.17) is 5.73 Å². The zero-order valence-corrected chi connectivity index (χ0v) is 14.1. The van der Waals surface area contributed by atoms with E-state index in [1.165, 1.54) is 10.9 Å². The molecule has 132 valence electrons. The number of para-hydroxylation sites is 1. The van der Waals surface area contributed by atoms with Crippen LogP contribution in [-0.2, 0) is 11.3 Å². The maximum absolute atomic E-state index is 11.5. The largest absolute Gasteiger partial charge is 0.351 e. The smallest absolute Gasteiger partial charge is 0.318 e. The van der Waals surface area contributed by atoms with Crippen LogP contribution in [-0.4, -0.2) is 59.4 Å². The number of imide groups is 1. The second-order valence-electron chi connectivity index (χ2n) is 6.27. The monoisotopic (exact) mass is 341 g/mol. The lowest BCUT2D eigenvalue weighted by Crippen LogP contribution is -2.47. The van der Waals surface area contributed by atoms with E-state index >= 15 is 0 Å². The molecule has 1 aromatic carbocycles. The zero-order chi connectivity index (χ0) is 17.6. The van der Waals surface area contributed by atoms with Crippen molar-refractivity contribution in [2.75, 3.05) is 32.7 Å². The Morgan fingerprint density at radius 1 is 1.08 bits per heavy atom. The molecule has 7 heteroatoms. The minimum Gasteiger partial charge on any atom is -0.351 e. The average molecular weight is 341 g/mol. The van der Waals surface area contributed by atoms with Gasteiger partial charge in [-0.2, -0.15) is 0 Å². The molecule has 3 rings (SSSR count). The summed E-state index contributed by atoms with van der Waals surface area (Å²) >= 11 is 0. The SMILES string of the molecule is NC(=O)NC(=O)CCN1CCN(Cc2cccc3cccnc23)CC1. The molecule has 3 amide bonds. The van der Waals surface area contributed by atoms with Gasteiger partial charge in [0, 0.05) is 57.3 Å². The number of nitrogens with two attached hydrogens (primary N) is 1. The van der Waals surface area contributed by atoms with Crippen LogP contribution >= 0.6 is 0 Å². The number of pyridine rings is 1. The van der Waals surface area contributed by atoms with Gasteiger partial charge in [-0.15, -0.1) is 0 Å². The van der Waals surface area contributed by atoms with Crippen molar-refractivity contribution in [2.24, 2.45) is 5.73 Å². The molecular formula is C18H23N5O2. The molecule has 25 heavy (non-hydrogen) atoms. The van der Waals surface area contributed by atoms with Crippen molar-refractivity contribution in [3.05, 3.63) is 42.1 Å². The summed E-state index contributed by atoms with van der Waals surface area (Å²) in [5.41, 5.74) is 7.25. The lowest BCUT2D eigenvalue weighted by Gasteiger charge is -2.34. The molecule has 2 aromatic rings. The van der Waals surface area contributed by atoms with Crippen molar-refractivity contribution in [3.8, 4) is 0 Å². The Morgan fingerprint density at radius 2 is 1.80 bits per heavy atom. The first-order chi connectivity index (χ1) is 12.1. The number of urea groups is 1. The maximum atomic E-state index is 11.5. The van der Waals surface area contributed by atoms with Gasteiger partial charge >= 0.3 is 6.03 Å². The van der Waals surface area contributed by atoms with Crippen molar-refractivity contribution in [1.82, 2.24) is 20.1 Å². The highest BCUT2D eigenvalue weighted by Gasteiger charge is 2.18. The number of hydrogen-bond donors (Lipinski definition) is 2. The van der Waals surface area contributed by atoms with Crippen molar-refractivity contribution < 1.29 is 9.59 Å². The molecule has 7 nitrogen and oxygen atoms in total. The van der Waals surface area contributed by atoms with Gasteiger partial charge in [0.05, 0.1) is 5.52 Å². The fourth-order valence-corrected chi connectivity index (χ4v) is 3.17. The highest BCUT2D eigenvalue weighted by atomic mass is 16.2. The molecule has 0 bridgehead atoms. The lowest BCUT2D eigenvalue weighted by atomic mass is 10.1. The minimum atomic E-state index is -0.793. The van der Waals surface area contributed by atoms with Gasteiger partial charge in [0.1, 0.15) is 0 Å². The van der Waals surface area contributed by atoms with Gasteiger partial charge in [-0.3, -0.25) is 20.0 Å². The predicted octanol–water partition coefficient (Wildman–Crippen LogP) is 0.937. The Bertz CT molecular complexity index is 751. The van der Waals surface area contributed by atoms with E-state index in [1.807, 2.05) is 12.3 Å². The van der Waals surface area contributed by atoms with E-state index in [9.17, 15) is 9.59 Å². The van der Waals surface area contributed by atoms with E-state index in [2.05, 4.69) is 44.4 Å². The number of primary amides is 1. The highest BCUT2D eigenvalue weighted by molar-refractivity contribution is 5.93. The van der Waals surface area contributed by atoms with Crippen LogP contribution in [0.3, 0.4) is 0 Å². The molecule has 1 saturated heterocycles. The minimum absolute atomic E-state index is 0.288. The van der Waals surface area contributed by atoms with E-state index < -0.39 is 6.03 Å². The topological polar surface area (TPSA) is 91.6 Å². The quantitative estimate of drug-likeness (QED) is 0.844. The van der Waals surface area contributed by atoms with Gasteiger partial charge in [0.2, 0.25) is 5.91 Å². The predicted molar refractivity (Wildman–Crippen MR) is 95.8 cm³/mol. The average Bonchev–Trinajstić information content (AvgIpc) is 2.61. The summed E-state index contributed by atoms with van der Waals surface area (Å²) in [6.45, 7) is 5.22. The Labute approximate surface area is 146 Å². The third-order valence-electron chi connectivity index (χ3n) is 4.49. The molecule has 0 saturated carbocycles. The van der Waals surface area contributed by atoms with Crippen LogP contribution in [0.5, 0.6) is 0 Å². The van der Waals surface area contributed by atoms with Crippen LogP contribution in [0.2, 0.25) is 0 Å². The highest BCUT2D eigenvalue weighted by Crippen LogP contribution is 2.18. The number of amides is 3. The molecule has 0 spiro atoms. The van der Waals surface area contributed by atoms with Crippen LogP contribution in [0.25, 0.3) is 10.9 Å². The molecule has 0 radical (unpaired) electrons. The molecule has 1 aliphatic rings. The molecule has 3 N–H and O–H groups in total. The Kier molecular flexibility index (Phi) is 5.57. The number of hydrogen-bond acceptors (Lipinski definition) is 5. The molecule has 2 heterocycles. The first kappa shape index (κ1) is 17.3. The van der Waals surface area contributed by atoms with Gasteiger partial charge in [0.15, 0.2) is 0 Å². The van der Waals surface area contributed by atoms with Crippen molar-refractivity contribution >= 4 is 22.8 Å². The first-order valence-corrected chi connectivity index (χ1v) is 8.48. The maximum Gasteiger partial charge on any atom is 0.318 e. The van der Waals surface area contributed by atoms with Crippen LogP contribution in [0.15, 0.2) is 36.5 Å². The van der Waals surface area contributed by atoms with E-state index in [1.54, 1.807) is 0 Å². The number of benzene rings is 1. The molecular weight excluding hydrogens is 318 g/mol. The molecule has 0 atom stereocenters. The van der Waals surface area contributed by atoms with Crippen molar-refractivity contribution in [2.45, 2.75) is 13.0 Å². The summed E-state index contributed by atoms with van der Waals surface area (Å²) < 4.78 is 0. The van der Waals surface area contributed by atoms with Gasteiger partial charge in [-0.1, -0.05) is 24.3 Å². The van der Waals surface area contributed by atoms with E-state index in [0.29, 0.717) is 6.54 Å². The fourth-order valence-electron chi connectivity index (χ4n) is 3.17. The second-order valence-corrected chi connectivity index (χ2v) is 6.27. The zero-order valence-electron chi connectivity index (χ0n) is 14.1. The van der Waals surface area contributed by atoms with Crippen molar-refractivity contribution in [1.29, 1.82) is 0 Å². The standard InChI is InChI=1S/C18H23N5O2/c19-18(25)21-16(24)6-8-22-9-11-23(12-10-22)13-15-4-1-3-14-5-2-7-20-17(14)15/h1-5,7H,6,8-13H2,(H3,19,21,24,25). The Hall–Kier alpha value is -2.51. The van der Waals surface area contributed by atoms with Crippen LogP contribution in [0.1, 0.15) is 12.0 Å². The van der Waals surface area contributed by atoms with Crippen molar-refractivity contribution in [3.63, 3.8) is 0 Å². The summed E-state index contributed by atoms with van der Waals surface area (Å²) in [6.07, 6.45) is 2.12. The van der Waals surface area contributed by atoms with E-state index in [-0.39, 0.29) is 12.3 Å². The number of nitrogens with one attached hydrogen (secondary N) is 1. The molecule has 0 aliphatic carbocycles. The van der Waals surface area contributed by atoms with Crippen LogP contribution in [0.4, 0.5) is 4.79 Å². The van der Waals surface area contributed by atoms with Gasteiger partial charge < -0.3 is 10.6 Å². The number of carbonyl (C=O) groups is 2. The number of nitrogens with zero attached hydrogens (tertiary/aromatic N) is 3. The third kappa shape index (κ3) is 4.74. The molecule has 0 unspecified atom stereocenters. The summed E-state index contributed by atoms with van der Waals surface area (Å²) in [7, 11) is 0. The van der Waals surface area contributed by atoms with Gasteiger partial charge in [-0.25, -0.2) is 4.79 Å². The number of aromatic nitrogens is 1. The Balaban J connectivity index is 1.49. The number of fused-ring (bicyclic) bond motifs is 1. The summed E-state index contributed by atoms with van der Waals surface area (Å²) in [5, 5.41) is 3.26. The summed E-state index contributed by atoms with van der Waals surface area (Å²) in [6, 6.07) is 9.54. The normalized spacial score (nSPS) is 16.0. The molecule has 1 fully saturated rings. The number of carbonyl (C=O) groups excluding carboxylic acids is 2. The van der Waals surface area contributed by atoms with Gasteiger partial charge in [-0.05, 0) is 11.6 Å². The number of rotatable bonds is 5. The second kappa shape index (κ2) is 8.04. The molecule has 1 aliphatic heterocycles. The fraction of sp³-hybridized carbons (Fsp3) is 0.389. The number of piperazine rings is 1. The first-order valence-electron chi connectivity index (χ1n) is 8.48. The Morgan fingerprint density at radius 3 is 2.56 bits per heavy atom. The molecule has 1 aromatic heterocycles. The van der Waals surface area contributed by atoms with Gasteiger partial charge in [0.25, 0.3) is 0 Å². The van der Waals surface area contributed by atoms with Crippen LogP contribution in [0, 0.1) is 0 Å². The van der Waals surface area contributed by atoms with Crippen LogP contribution < -0.4 is 11.1 Å². The summed E-state index contributed by atoms with van der Waals surface area (Å²) in [4.78, 5) is 31.3.